The smallest absolute Gasteiger partial charge is 0.252 e. The molecule has 22 heavy (non-hydrogen) atoms. The maximum atomic E-state index is 12.0. The number of carbonyl (C=O) groups excluding carboxylic acids is 1. The maximum Gasteiger partial charge on any atom is 0.252 e. The summed E-state index contributed by atoms with van der Waals surface area (Å²) in [7, 11) is -0.427. The lowest BCUT2D eigenvalue weighted by Gasteiger charge is -2.08. The summed E-state index contributed by atoms with van der Waals surface area (Å²) < 4.78 is 26.4. The number of nitrogens with zero attached hydrogens (tertiary/aromatic N) is 1. The number of thiophene rings is 1. The Labute approximate surface area is 147 Å². The van der Waals surface area contributed by atoms with Crippen LogP contribution >= 0.6 is 33.9 Å². The van der Waals surface area contributed by atoms with Gasteiger partial charge in [0.2, 0.25) is 0 Å². The van der Waals surface area contributed by atoms with Gasteiger partial charge in [0.05, 0.1) is 6.54 Å². The highest BCUT2D eigenvalue weighted by Gasteiger charge is 2.19. The number of rotatable bonds is 5. The van der Waals surface area contributed by atoms with Crippen molar-refractivity contribution in [1.29, 1.82) is 0 Å². The van der Waals surface area contributed by atoms with Gasteiger partial charge in [-0.15, -0.1) is 11.3 Å². The molecule has 1 heterocycles. The van der Waals surface area contributed by atoms with Crippen molar-refractivity contribution in [2.45, 2.75) is 10.8 Å². The average molecular weight is 450 g/mol. The van der Waals surface area contributed by atoms with Gasteiger partial charge in [0.25, 0.3) is 15.9 Å². The van der Waals surface area contributed by atoms with Gasteiger partial charge in [0.15, 0.2) is 0 Å². The molecule has 1 N–H and O–H groups in total. The Bertz CT molecular complexity index is 785. The van der Waals surface area contributed by atoms with Crippen LogP contribution < -0.4 is 5.32 Å². The van der Waals surface area contributed by atoms with Crippen LogP contribution in [0.25, 0.3) is 0 Å². The van der Waals surface area contributed by atoms with E-state index >= 15 is 0 Å². The fraction of sp³-hybridized carbons (Fsp3) is 0.214. The highest BCUT2D eigenvalue weighted by molar-refractivity contribution is 14.1. The second-order valence-corrected chi connectivity index (χ2v) is 9.49. The van der Waals surface area contributed by atoms with Gasteiger partial charge in [0, 0.05) is 28.1 Å². The molecular weight excluding hydrogens is 435 g/mol. The average Bonchev–Trinajstić information content (AvgIpc) is 2.94. The Balaban J connectivity index is 2.04. The first-order chi connectivity index (χ1) is 10.3. The van der Waals surface area contributed by atoms with Crippen molar-refractivity contribution in [3.8, 4) is 0 Å². The van der Waals surface area contributed by atoms with E-state index in [2.05, 4.69) is 27.9 Å². The topological polar surface area (TPSA) is 66.5 Å². The summed E-state index contributed by atoms with van der Waals surface area (Å²) in [4.78, 5) is 12.8. The Morgan fingerprint density at radius 2 is 2.00 bits per heavy atom. The largest absolute Gasteiger partial charge is 0.347 e. The fourth-order valence-electron chi connectivity index (χ4n) is 1.67. The molecule has 0 fully saturated rings. The van der Waals surface area contributed by atoms with E-state index in [0.29, 0.717) is 12.1 Å². The number of nitrogens with one attached hydrogen (secondary N) is 1. The summed E-state index contributed by atoms with van der Waals surface area (Å²) in [5, 5.41) is 2.80. The third kappa shape index (κ3) is 4.06. The van der Waals surface area contributed by atoms with Crippen molar-refractivity contribution in [3.05, 3.63) is 50.4 Å². The number of carbonyl (C=O) groups is 1. The Morgan fingerprint density at radius 1 is 1.27 bits per heavy atom. The summed E-state index contributed by atoms with van der Waals surface area (Å²) in [6.07, 6.45) is 0. The molecule has 0 aliphatic heterocycles. The molecule has 2 rings (SSSR count). The predicted molar refractivity (Wildman–Crippen MR) is 95.5 cm³/mol. The summed E-state index contributed by atoms with van der Waals surface area (Å²) in [6.45, 7) is 0.303. The second kappa shape index (κ2) is 7.07. The maximum absolute atomic E-state index is 12.0. The lowest BCUT2D eigenvalue weighted by atomic mass is 10.2. The minimum absolute atomic E-state index is 0.177. The molecule has 0 unspecified atom stereocenters. The first-order valence-electron chi connectivity index (χ1n) is 6.35. The van der Waals surface area contributed by atoms with Crippen LogP contribution in [0.5, 0.6) is 0 Å². The van der Waals surface area contributed by atoms with Crippen LogP contribution in [0.1, 0.15) is 15.2 Å². The summed E-state index contributed by atoms with van der Waals surface area (Å²) >= 11 is 3.31. The van der Waals surface area contributed by atoms with E-state index in [4.69, 9.17) is 0 Å². The van der Waals surface area contributed by atoms with E-state index < -0.39 is 10.0 Å². The predicted octanol–water partition coefficient (Wildman–Crippen LogP) is 2.53. The molecule has 0 aliphatic rings. The van der Waals surface area contributed by atoms with Gasteiger partial charge in [-0.2, -0.15) is 0 Å². The van der Waals surface area contributed by atoms with Gasteiger partial charge < -0.3 is 5.32 Å². The molecular formula is C14H15IN2O3S2. The van der Waals surface area contributed by atoms with Gasteiger partial charge in [-0.3, -0.25) is 4.79 Å². The molecule has 0 spiro atoms. The molecule has 8 heteroatoms. The first-order valence-corrected chi connectivity index (χ1v) is 9.69. The zero-order valence-electron chi connectivity index (χ0n) is 12.0. The molecule has 1 aromatic heterocycles. The summed E-state index contributed by atoms with van der Waals surface area (Å²) in [5.74, 6) is -0.177. The number of amides is 1. The Kier molecular flexibility index (Phi) is 5.59. The van der Waals surface area contributed by atoms with Crippen molar-refractivity contribution in [1.82, 2.24) is 9.62 Å². The summed E-state index contributed by atoms with van der Waals surface area (Å²) in [5.41, 5.74) is 0.588. The summed E-state index contributed by atoms with van der Waals surface area (Å²) in [6, 6.07) is 10.6. The van der Waals surface area contributed by atoms with Crippen LogP contribution in [-0.2, 0) is 16.6 Å². The molecule has 0 bridgehead atoms. The van der Waals surface area contributed by atoms with E-state index in [9.17, 15) is 13.2 Å². The zero-order chi connectivity index (χ0) is 16.3. The fourth-order valence-corrected chi connectivity index (χ4v) is 4.68. The van der Waals surface area contributed by atoms with Gasteiger partial charge in [-0.05, 0) is 52.9 Å². The van der Waals surface area contributed by atoms with Crippen molar-refractivity contribution in [3.63, 3.8) is 0 Å². The minimum Gasteiger partial charge on any atom is -0.347 e. The first kappa shape index (κ1) is 17.4. The van der Waals surface area contributed by atoms with E-state index in [1.54, 1.807) is 24.3 Å². The molecule has 0 radical (unpaired) electrons. The van der Waals surface area contributed by atoms with Gasteiger partial charge in [0.1, 0.15) is 4.21 Å². The lowest BCUT2D eigenvalue weighted by molar-refractivity contribution is 0.0951. The van der Waals surface area contributed by atoms with Crippen LogP contribution in [-0.4, -0.2) is 32.7 Å². The number of hydrogen-bond acceptors (Lipinski definition) is 4. The normalized spacial score (nSPS) is 11.6. The SMILES string of the molecule is CN(C)S(=O)(=O)c1ccc(CNC(=O)c2cccc(I)c2)s1. The van der Waals surface area contributed by atoms with Crippen LogP contribution in [0.3, 0.4) is 0 Å². The molecule has 0 saturated heterocycles. The standard InChI is InChI=1S/C14H15IN2O3S2/c1-17(2)22(19,20)13-7-6-12(21-13)9-16-14(18)10-4-3-5-11(15)8-10/h3-8H,9H2,1-2H3,(H,16,18). The molecule has 0 saturated carbocycles. The van der Waals surface area contributed by atoms with E-state index in [0.717, 1.165) is 19.8 Å². The van der Waals surface area contributed by atoms with Crippen LogP contribution in [0, 0.1) is 3.57 Å². The van der Waals surface area contributed by atoms with E-state index in [1.807, 2.05) is 12.1 Å². The lowest BCUT2D eigenvalue weighted by Crippen LogP contribution is -2.22. The molecule has 1 amide bonds. The minimum atomic E-state index is -3.41. The monoisotopic (exact) mass is 450 g/mol. The van der Waals surface area contributed by atoms with Crippen molar-refractivity contribution < 1.29 is 13.2 Å². The van der Waals surface area contributed by atoms with Crippen molar-refractivity contribution in [2.24, 2.45) is 0 Å². The van der Waals surface area contributed by atoms with Gasteiger partial charge in [-0.1, -0.05) is 6.07 Å². The molecule has 0 atom stereocenters. The van der Waals surface area contributed by atoms with E-state index in [-0.39, 0.29) is 10.1 Å². The molecule has 1 aromatic carbocycles. The number of halogens is 1. The third-order valence-corrected chi connectivity index (χ3v) is 6.92. The highest BCUT2D eigenvalue weighted by atomic mass is 127. The third-order valence-electron chi connectivity index (χ3n) is 2.88. The molecule has 0 aliphatic carbocycles. The number of hydrogen-bond donors (Lipinski definition) is 1. The highest BCUT2D eigenvalue weighted by Crippen LogP contribution is 2.23. The van der Waals surface area contributed by atoms with Gasteiger partial charge >= 0.3 is 0 Å². The van der Waals surface area contributed by atoms with Crippen LogP contribution in [0.2, 0.25) is 0 Å². The zero-order valence-corrected chi connectivity index (χ0v) is 15.8. The van der Waals surface area contributed by atoms with Crippen LogP contribution in [0.15, 0.2) is 40.6 Å². The number of sulfonamides is 1. The molecule has 5 nitrogen and oxygen atoms in total. The van der Waals surface area contributed by atoms with Gasteiger partial charge in [-0.25, -0.2) is 12.7 Å². The second-order valence-electron chi connectivity index (χ2n) is 4.70. The Hall–Kier alpha value is -0.970. The van der Waals surface area contributed by atoms with E-state index in [1.165, 1.54) is 18.4 Å². The van der Waals surface area contributed by atoms with Crippen molar-refractivity contribution >= 4 is 49.9 Å². The molecule has 2 aromatic rings. The Morgan fingerprint density at radius 3 is 2.64 bits per heavy atom. The molecule has 118 valence electrons. The number of benzene rings is 1. The quantitative estimate of drug-likeness (QED) is 0.713. The van der Waals surface area contributed by atoms with Crippen LogP contribution in [0.4, 0.5) is 0 Å². The van der Waals surface area contributed by atoms with Crippen molar-refractivity contribution in [2.75, 3.05) is 14.1 Å².